The van der Waals surface area contributed by atoms with E-state index in [1.807, 2.05) is 84.9 Å². The number of benzene rings is 3. The highest BCUT2D eigenvalue weighted by Crippen LogP contribution is 2.25. The summed E-state index contributed by atoms with van der Waals surface area (Å²) in [6.07, 6.45) is 2.19. The molecule has 0 aliphatic heterocycles. The number of nitrogens with zero attached hydrogens (tertiary/aromatic N) is 1. The van der Waals surface area contributed by atoms with E-state index >= 15 is 0 Å². The van der Waals surface area contributed by atoms with Crippen LogP contribution in [0.25, 0.3) is 0 Å². The van der Waals surface area contributed by atoms with Gasteiger partial charge in [0.15, 0.2) is 5.96 Å². The molecule has 0 bridgehead atoms. The van der Waals surface area contributed by atoms with Crippen LogP contribution in [0.15, 0.2) is 89.9 Å². The first-order valence-corrected chi connectivity index (χ1v) is 13.7. The van der Waals surface area contributed by atoms with Gasteiger partial charge in [-0.3, -0.25) is 14.6 Å². The Hall–Kier alpha value is -4.86. The molecule has 0 aliphatic carbocycles. The topological polar surface area (TPSA) is 178 Å². The second kappa shape index (κ2) is 16.3. The van der Waals surface area contributed by atoms with Crippen molar-refractivity contribution in [2.24, 2.45) is 22.2 Å². The van der Waals surface area contributed by atoms with Gasteiger partial charge in [0.1, 0.15) is 6.04 Å². The molecule has 0 saturated heterocycles. The first kappa shape index (κ1) is 30.7. The molecule has 10 nitrogen and oxygen atoms in total. The van der Waals surface area contributed by atoms with Gasteiger partial charge in [0.25, 0.3) is 0 Å². The maximum atomic E-state index is 13.7. The fourth-order valence-corrected chi connectivity index (χ4v) is 4.47. The van der Waals surface area contributed by atoms with E-state index in [1.54, 1.807) is 0 Å². The van der Waals surface area contributed by atoms with Gasteiger partial charge in [0, 0.05) is 19.6 Å². The number of nitrogens with two attached hydrogens (primary N) is 3. The van der Waals surface area contributed by atoms with Crippen molar-refractivity contribution in [2.75, 3.05) is 19.6 Å². The van der Waals surface area contributed by atoms with Crippen LogP contribution < -0.4 is 33.2 Å². The van der Waals surface area contributed by atoms with E-state index in [-0.39, 0.29) is 17.8 Å². The average molecular weight is 558 g/mol. The zero-order chi connectivity index (χ0) is 29.5. The summed E-state index contributed by atoms with van der Waals surface area (Å²) in [5.74, 6) is -1.11. The number of primary amides is 1. The first-order chi connectivity index (χ1) is 19.8. The normalized spacial score (nSPS) is 11.3. The number of rotatable bonds is 15. The van der Waals surface area contributed by atoms with Gasteiger partial charge in [0.2, 0.25) is 11.8 Å². The molecule has 0 saturated carbocycles. The third-order valence-electron chi connectivity index (χ3n) is 6.56. The molecule has 0 aliphatic rings. The van der Waals surface area contributed by atoms with Crippen molar-refractivity contribution in [1.29, 1.82) is 0 Å². The van der Waals surface area contributed by atoms with Gasteiger partial charge in [-0.25, -0.2) is 4.79 Å². The number of urea groups is 1. The molecule has 3 aromatic carbocycles. The van der Waals surface area contributed by atoms with Crippen molar-refractivity contribution in [3.05, 3.63) is 107 Å². The van der Waals surface area contributed by atoms with E-state index in [2.05, 4.69) is 20.9 Å². The molecule has 0 heterocycles. The highest BCUT2D eigenvalue weighted by Gasteiger charge is 2.27. The Kier molecular flexibility index (Phi) is 12.2. The monoisotopic (exact) mass is 557 g/mol. The van der Waals surface area contributed by atoms with Gasteiger partial charge >= 0.3 is 6.03 Å². The van der Waals surface area contributed by atoms with Crippen LogP contribution in [-0.2, 0) is 22.4 Å². The fourth-order valence-electron chi connectivity index (χ4n) is 4.47. The Labute approximate surface area is 240 Å². The van der Waals surface area contributed by atoms with Gasteiger partial charge in [0.05, 0.1) is 5.92 Å². The predicted octanol–water partition coefficient (Wildman–Crippen LogP) is 1.93. The standard InChI is InChI=1S/C31H39N7O3/c32-30(33)36-19-7-12-26(28(39)35-20-17-22-13-15-23(16-14-22)18-21-37-31(34)41)38-29(40)27(24-8-3-1-4-9-24)25-10-5-2-6-11-25/h1-6,8-11,13-16,26-27H,7,12,17-21H2,(H,35,39)(H,38,40)(H4,32,33,36)(H3,34,37,41)/t26-/m1/s1. The summed E-state index contributed by atoms with van der Waals surface area (Å²) in [6, 6.07) is 25.6. The number of nitrogens with one attached hydrogen (secondary N) is 3. The van der Waals surface area contributed by atoms with Crippen LogP contribution in [0.3, 0.4) is 0 Å². The molecule has 0 aromatic heterocycles. The van der Waals surface area contributed by atoms with Crippen molar-refractivity contribution in [3.63, 3.8) is 0 Å². The summed E-state index contributed by atoms with van der Waals surface area (Å²) >= 11 is 0. The quantitative estimate of drug-likeness (QED) is 0.0948. The molecule has 9 N–H and O–H groups in total. The number of aliphatic imine (C=N–C) groups is 1. The average Bonchev–Trinajstić information content (AvgIpc) is 2.96. The molecule has 41 heavy (non-hydrogen) atoms. The Bertz CT molecular complexity index is 1240. The molecule has 3 aromatic rings. The van der Waals surface area contributed by atoms with E-state index in [9.17, 15) is 14.4 Å². The van der Waals surface area contributed by atoms with Crippen LogP contribution in [0.1, 0.15) is 41.0 Å². The summed E-state index contributed by atoms with van der Waals surface area (Å²) in [5, 5.41) is 8.52. The molecule has 0 radical (unpaired) electrons. The Morgan fingerprint density at radius 3 is 1.68 bits per heavy atom. The maximum Gasteiger partial charge on any atom is 0.312 e. The Morgan fingerprint density at radius 1 is 0.683 bits per heavy atom. The summed E-state index contributed by atoms with van der Waals surface area (Å²) in [4.78, 5) is 41.7. The fraction of sp³-hybridized carbons (Fsp3) is 0.290. The summed E-state index contributed by atoms with van der Waals surface area (Å²) < 4.78 is 0. The molecular weight excluding hydrogens is 518 g/mol. The number of carbonyl (C=O) groups excluding carboxylic acids is 3. The predicted molar refractivity (Wildman–Crippen MR) is 161 cm³/mol. The van der Waals surface area contributed by atoms with E-state index in [1.165, 1.54) is 0 Å². The van der Waals surface area contributed by atoms with Gasteiger partial charge in [-0.2, -0.15) is 0 Å². The molecule has 3 rings (SSSR count). The first-order valence-electron chi connectivity index (χ1n) is 13.7. The minimum Gasteiger partial charge on any atom is -0.370 e. The van der Waals surface area contributed by atoms with Gasteiger partial charge in [-0.1, -0.05) is 84.9 Å². The van der Waals surface area contributed by atoms with Crippen LogP contribution in [-0.4, -0.2) is 49.5 Å². The minimum absolute atomic E-state index is 0.0154. The number of guanidine groups is 1. The zero-order valence-electron chi connectivity index (χ0n) is 23.1. The van der Waals surface area contributed by atoms with E-state index in [0.29, 0.717) is 45.3 Å². The molecule has 0 fully saturated rings. The van der Waals surface area contributed by atoms with Crippen molar-refractivity contribution in [1.82, 2.24) is 16.0 Å². The minimum atomic E-state index is -0.758. The summed E-state index contributed by atoms with van der Waals surface area (Å²) in [7, 11) is 0. The second-order valence-electron chi connectivity index (χ2n) is 9.66. The molecule has 10 heteroatoms. The molecule has 1 atom stereocenters. The number of amides is 4. The van der Waals surface area contributed by atoms with Crippen molar-refractivity contribution < 1.29 is 14.4 Å². The highest BCUT2D eigenvalue weighted by molar-refractivity contribution is 5.92. The number of carbonyl (C=O) groups is 3. The number of hydrogen-bond donors (Lipinski definition) is 6. The lowest BCUT2D eigenvalue weighted by atomic mass is 9.90. The summed E-state index contributed by atoms with van der Waals surface area (Å²) in [6.45, 7) is 1.23. The third-order valence-corrected chi connectivity index (χ3v) is 6.56. The van der Waals surface area contributed by atoms with Crippen LogP contribution >= 0.6 is 0 Å². The van der Waals surface area contributed by atoms with Gasteiger partial charge in [-0.05, 0) is 47.9 Å². The van der Waals surface area contributed by atoms with Crippen molar-refractivity contribution in [3.8, 4) is 0 Å². The Morgan fingerprint density at radius 2 is 1.20 bits per heavy atom. The van der Waals surface area contributed by atoms with Crippen LogP contribution in [0, 0.1) is 0 Å². The van der Waals surface area contributed by atoms with Crippen LogP contribution in [0.4, 0.5) is 4.79 Å². The molecule has 216 valence electrons. The third kappa shape index (κ3) is 10.7. The second-order valence-corrected chi connectivity index (χ2v) is 9.66. The zero-order valence-corrected chi connectivity index (χ0v) is 23.1. The molecular formula is C31H39N7O3. The van der Waals surface area contributed by atoms with E-state index in [0.717, 1.165) is 22.3 Å². The van der Waals surface area contributed by atoms with Crippen molar-refractivity contribution >= 4 is 23.8 Å². The van der Waals surface area contributed by atoms with E-state index < -0.39 is 18.0 Å². The highest BCUT2D eigenvalue weighted by atomic mass is 16.2. The lowest BCUT2D eigenvalue weighted by molar-refractivity contribution is -0.129. The van der Waals surface area contributed by atoms with Crippen LogP contribution in [0.2, 0.25) is 0 Å². The smallest absolute Gasteiger partial charge is 0.312 e. The van der Waals surface area contributed by atoms with Crippen LogP contribution in [0.5, 0.6) is 0 Å². The molecule has 0 spiro atoms. The SMILES string of the molecule is NC(=O)NCCc1ccc(CCNC(=O)[C@@H](CCCN=C(N)N)NC(=O)C(c2ccccc2)c2ccccc2)cc1. The summed E-state index contributed by atoms with van der Waals surface area (Å²) in [5.41, 5.74) is 19.8. The molecule has 0 unspecified atom stereocenters. The van der Waals surface area contributed by atoms with E-state index in [4.69, 9.17) is 17.2 Å². The lowest BCUT2D eigenvalue weighted by Gasteiger charge is -2.23. The van der Waals surface area contributed by atoms with Gasteiger partial charge < -0.3 is 33.2 Å². The Balaban J connectivity index is 1.64. The van der Waals surface area contributed by atoms with Gasteiger partial charge in [-0.15, -0.1) is 0 Å². The maximum absolute atomic E-state index is 13.7. The van der Waals surface area contributed by atoms with Crippen molar-refractivity contribution in [2.45, 2.75) is 37.6 Å². The largest absolute Gasteiger partial charge is 0.370 e. The number of hydrogen-bond acceptors (Lipinski definition) is 4. The lowest BCUT2D eigenvalue weighted by Crippen LogP contribution is -2.48. The molecule has 4 amide bonds.